The number of hydrogen-bond acceptors (Lipinski definition) is 3. The number of carbonyl (C=O) groups excluding carboxylic acids is 1. The van der Waals surface area contributed by atoms with E-state index in [9.17, 15) is 4.79 Å². The van der Waals surface area contributed by atoms with E-state index in [0.717, 1.165) is 40.6 Å². The summed E-state index contributed by atoms with van der Waals surface area (Å²) in [6.07, 6.45) is 6.19. The summed E-state index contributed by atoms with van der Waals surface area (Å²) < 4.78 is 1.83. The van der Waals surface area contributed by atoms with Crippen molar-refractivity contribution in [2.45, 2.75) is 38.6 Å². The number of amides is 1. The van der Waals surface area contributed by atoms with Gasteiger partial charge in [0.1, 0.15) is 0 Å². The van der Waals surface area contributed by atoms with E-state index in [-0.39, 0.29) is 11.9 Å². The SMILES string of the molecule is Cc1ccc(-n2ncc3c(C(=O)NC4CCCC4)cc(-c4ccc5ccccc5c4)nc32)cc1. The van der Waals surface area contributed by atoms with Gasteiger partial charge < -0.3 is 5.32 Å². The molecule has 1 saturated carbocycles. The van der Waals surface area contributed by atoms with Crippen molar-refractivity contribution in [2.24, 2.45) is 0 Å². The molecule has 1 fully saturated rings. The molecule has 6 rings (SSSR count). The zero-order valence-corrected chi connectivity index (χ0v) is 19.2. The van der Waals surface area contributed by atoms with E-state index in [2.05, 4.69) is 59.8 Å². The van der Waals surface area contributed by atoms with E-state index in [1.54, 1.807) is 6.20 Å². The zero-order valence-electron chi connectivity index (χ0n) is 19.2. The van der Waals surface area contributed by atoms with Crippen LogP contribution >= 0.6 is 0 Å². The summed E-state index contributed by atoms with van der Waals surface area (Å²) in [5.74, 6) is -0.0511. The first kappa shape index (κ1) is 20.6. The lowest BCUT2D eigenvalue weighted by Crippen LogP contribution is -2.32. The number of nitrogens with one attached hydrogen (secondary N) is 1. The third-order valence-corrected chi connectivity index (χ3v) is 6.80. The normalized spacial score (nSPS) is 14.1. The third kappa shape index (κ3) is 3.73. The van der Waals surface area contributed by atoms with Crippen LogP contribution < -0.4 is 5.32 Å². The smallest absolute Gasteiger partial charge is 0.252 e. The van der Waals surface area contributed by atoms with Crippen LogP contribution in [0.3, 0.4) is 0 Å². The molecular formula is C29H26N4O. The lowest BCUT2D eigenvalue weighted by Gasteiger charge is -2.14. The second-order valence-corrected chi connectivity index (χ2v) is 9.20. The molecular weight excluding hydrogens is 420 g/mol. The lowest BCUT2D eigenvalue weighted by molar-refractivity contribution is 0.0939. The van der Waals surface area contributed by atoms with E-state index in [1.165, 1.54) is 23.8 Å². The van der Waals surface area contributed by atoms with Crippen molar-refractivity contribution in [3.05, 3.63) is 90.1 Å². The molecule has 2 heterocycles. The Kier molecular flexibility index (Phi) is 5.10. The average molecular weight is 447 g/mol. The van der Waals surface area contributed by atoms with E-state index in [0.29, 0.717) is 11.2 Å². The number of rotatable bonds is 4. The highest BCUT2D eigenvalue weighted by atomic mass is 16.1. The number of aryl methyl sites for hydroxylation is 1. The van der Waals surface area contributed by atoms with E-state index in [4.69, 9.17) is 4.98 Å². The van der Waals surface area contributed by atoms with Crippen molar-refractivity contribution in [1.82, 2.24) is 20.1 Å². The molecule has 0 saturated heterocycles. The first-order valence-electron chi connectivity index (χ1n) is 11.9. The predicted molar refractivity (Wildman–Crippen MR) is 136 cm³/mol. The van der Waals surface area contributed by atoms with Crippen molar-refractivity contribution >= 4 is 27.7 Å². The molecule has 1 aliphatic carbocycles. The van der Waals surface area contributed by atoms with Gasteiger partial charge >= 0.3 is 0 Å². The van der Waals surface area contributed by atoms with Crippen LogP contribution in [-0.2, 0) is 0 Å². The van der Waals surface area contributed by atoms with Crippen LogP contribution in [0.15, 0.2) is 79.0 Å². The second kappa shape index (κ2) is 8.41. The summed E-state index contributed by atoms with van der Waals surface area (Å²) in [5.41, 5.74) is 5.16. The molecule has 5 heteroatoms. The highest BCUT2D eigenvalue weighted by molar-refractivity contribution is 6.07. The minimum Gasteiger partial charge on any atom is -0.349 e. The Morgan fingerprint density at radius 1 is 0.941 bits per heavy atom. The molecule has 0 aliphatic heterocycles. The third-order valence-electron chi connectivity index (χ3n) is 6.80. The monoisotopic (exact) mass is 446 g/mol. The molecule has 3 aromatic carbocycles. The Labute approximate surface area is 198 Å². The number of benzene rings is 3. The number of hydrogen-bond donors (Lipinski definition) is 1. The van der Waals surface area contributed by atoms with E-state index < -0.39 is 0 Å². The largest absolute Gasteiger partial charge is 0.349 e. The summed E-state index contributed by atoms with van der Waals surface area (Å²) >= 11 is 0. The van der Waals surface area contributed by atoms with Gasteiger partial charge in [-0.15, -0.1) is 0 Å². The van der Waals surface area contributed by atoms with Crippen LogP contribution in [0.1, 0.15) is 41.6 Å². The number of aromatic nitrogens is 3. The fourth-order valence-electron chi connectivity index (χ4n) is 4.89. The maximum absolute atomic E-state index is 13.4. The van der Waals surface area contributed by atoms with Gasteiger partial charge in [0.2, 0.25) is 0 Å². The molecule has 34 heavy (non-hydrogen) atoms. The summed E-state index contributed by atoms with van der Waals surface area (Å²) in [7, 11) is 0. The van der Waals surface area contributed by atoms with Gasteiger partial charge in [0.15, 0.2) is 5.65 Å². The van der Waals surface area contributed by atoms with Gasteiger partial charge in [-0.25, -0.2) is 9.67 Å². The van der Waals surface area contributed by atoms with Crippen LogP contribution in [0.2, 0.25) is 0 Å². The molecule has 168 valence electrons. The predicted octanol–water partition coefficient (Wildman–Crippen LogP) is 6.22. The van der Waals surface area contributed by atoms with Crippen LogP contribution in [0.4, 0.5) is 0 Å². The first-order valence-corrected chi connectivity index (χ1v) is 11.9. The molecule has 1 aliphatic rings. The summed E-state index contributed by atoms with van der Waals surface area (Å²) in [6, 6.07) is 24.9. The lowest BCUT2D eigenvalue weighted by atomic mass is 10.0. The minimum absolute atomic E-state index is 0.0511. The maximum atomic E-state index is 13.4. The average Bonchev–Trinajstić information content (AvgIpc) is 3.53. The van der Waals surface area contributed by atoms with Crippen molar-refractivity contribution in [2.75, 3.05) is 0 Å². The summed E-state index contributed by atoms with van der Waals surface area (Å²) in [5, 5.41) is 11.0. The van der Waals surface area contributed by atoms with E-state index in [1.807, 2.05) is 35.0 Å². The van der Waals surface area contributed by atoms with Gasteiger partial charge in [0.25, 0.3) is 5.91 Å². The standard InChI is InChI=1S/C29H26N4O/c1-19-10-14-24(15-11-19)33-28-26(18-30-33)25(29(34)31-23-8-4-5-9-23)17-27(32-28)22-13-12-20-6-2-3-7-21(20)16-22/h2-3,6-7,10-18,23H,4-5,8-9H2,1H3,(H,31,34). The number of fused-ring (bicyclic) bond motifs is 2. The van der Waals surface area contributed by atoms with Gasteiger partial charge in [-0.3, -0.25) is 4.79 Å². The maximum Gasteiger partial charge on any atom is 0.252 e. The number of nitrogens with zero attached hydrogens (tertiary/aromatic N) is 3. The van der Waals surface area contributed by atoms with Gasteiger partial charge in [-0.05, 0) is 54.8 Å². The highest BCUT2D eigenvalue weighted by Crippen LogP contribution is 2.29. The molecule has 0 bridgehead atoms. The van der Waals surface area contributed by atoms with Gasteiger partial charge in [-0.1, -0.05) is 66.9 Å². The molecule has 1 N–H and O–H groups in total. The van der Waals surface area contributed by atoms with E-state index >= 15 is 0 Å². The molecule has 0 unspecified atom stereocenters. The second-order valence-electron chi connectivity index (χ2n) is 9.20. The quantitative estimate of drug-likeness (QED) is 0.356. The molecule has 0 spiro atoms. The Bertz CT molecular complexity index is 1510. The number of pyridine rings is 1. The van der Waals surface area contributed by atoms with Crippen LogP contribution in [0.5, 0.6) is 0 Å². The Morgan fingerprint density at radius 2 is 1.71 bits per heavy atom. The van der Waals surface area contributed by atoms with Crippen molar-refractivity contribution < 1.29 is 4.79 Å². The van der Waals surface area contributed by atoms with Gasteiger partial charge in [0.05, 0.1) is 28.5 Å². The molecule has 5 nitrogen and oxygen atoms in total. The molecule has 1 amide bonds. The minimum atomic E-state index is -0.0511. The van der Waals surface area contributed by atoms with Gasteiger partial charge in [-0.2, -0.15) is 5.10 Å². The topological polar surface area (TPSA) is 59.8 Å². The molecule has 0 atom stereocenters. The first-order chi connectivity index (χ1) is 16.7. The molecule has 2 aromatic heterocycles. The van der Waals surface area contributed by atoms with Crippen molar-refractivity contribution in [3.63, 3.8) is 0 Å². The van der Waals surface area contributed by atoms with Crippen molar-refractivity contribution in [3.8, 4) is 16.9 Å². The van der Waals surface area contributed by atoms with Crippen LogP contribution in [0.25, 0.3) is 38.8 Å². The molecule has 5 aromatic rings. The summed E-state index contributed by atoms with van der Waals surface area (Å²) in [4.78, 5) is 18.4. The zero-order chi connectivity index (χ0) is 23.1. The van der Waals surface area contributed by atoms with Crippen LogP contribution in [0, 0.1) is 6.92 Å². The molecule has 0 radical (unpaired) electrons. The number of carbonyl (C=O) groups is 1. The Balaban J connectivity index is 1.52. The Morgan fingerprint density at radius 3 is 2.50 bits per heavy atom. The fourth-order valence-corrected chi connectivity index (χ4v) is 4.89. The van der Waals surface area contributed by atoms with Crippen molar-refractivity contribution in [1.29, 1.82) is 0 Å². The van der Waals surface area contributed by atoms with Crippen LogP contribution in [-0.4, -0.2) is 26.7 Å². The van der Waals surface area contributed by atoms with Gasteiger partial charge in [0, 0.05) is 11.6 Å². The summed E-state index contributed by atoms with van der Waals surface area (Å²) in [6.45, 7) is 2.06. The Hall–Kier alpha value is -3.99. The highest BCUT2D eigenvalue weighted by Gasteiger charge is 2.22. The fraction of sp³-hybridized carbons (Fsp3) is 0.207.